The van der Waals surface area contributed by atoms with Crippen molar-refractivity contribution in [3.63, 3.8) is 0 Å². The van der Waals surface area contributed by atoms with Crippen LogP contribution < -0.4 is 4.74 Å². The van der Waals surface area contributed by atoms with Crippen molar-refractivity contribution in [2.75, 3.05) is 26.2 Å². The molecule has 1 fully saturated rings. The predicted octanol–water partition coefficient (Wildman–Crippen LogP) is 5.62. The largest absolute Gasteiger partial charge is 0.494 e. The average molecular weight is 406 g/mol. The van der Waals surface area contributed by atoms with Crippen LogP contribution in [0.4, 0.5) is 0 Å². The van der Waals surface area contributed by atoms with Gasteiger partial charge in [0.2, 0.25) is 0 Å². The van der Waals surface area contributed by atoms with Gasteiger partial charge in [0.05, 0.1) is 17.6 Å². The average Bonchev–Trinajstić information content (AvgIpc) is 2.91. The first-order valence-corrected chi connectivity index (χ1v) is 11.7. The van der Waals surface area contributed by atoms with Gasteiger partial charge in [0.25, 0.3) is 0 Å². The van der Waals surface area contributed by atoms with E-state index < -0.39 is 0 Å². The summed E-state index contributed by atoms with van der Waals surface area (Å²) >= 11 is 0. The Morgan fingerprint density at radius 2 is 1.73 bits per heavy atom. The highest BCUT2D eigenvalue weighted by Gasteiger charge is 2.12. The Bertz CT molecular complexity index is 925. The van der Waals surface area contributed by atoms with E-state index in [1.54, 1.807) is 0 Å². The Balaban J connectivity index is 1.35. The van der Waals surface area contributed by atoms with Crippen LogP contribution in [0.3, 0.4) is 0 Å². The van der Waals surface area contributed by atoms with E-state index in [1.807, 2.05) is 6.07 Å². The molecule has 1 saturated heterocycles. The van der Waals surface area contributed by atoms with Crippen LogP contribution in [0.15, 0.2) is 48.5 Å². The molecule has 1 aromatic heterocycles. The van der Waals surface area contributed by atoms with E-state index >= 15 is 0 Å². The summed E-state index contributed by atoms with van der Waals surface area (Å²) in [6, 6.07) is 16.8. The summed E-state index contributed by atoms with van der Waals surface area (Å²) < 4.78 is 8.38. The van der Waals surface area contributed by atoms with Gasteiger partial charge in [-0.05, 0) is 82.1 Å². The summed E-state index contributed by atoms with van der Waals surface area (Å²) in [4.78, 5) is 7.61. The second kappa shape index (κ2) is 10.6. The van der Waals surface area contributed by atoms with Gasteiger partial charge < -0.3 is 14.2 Å². The third-order valence-corrected chi connectivity index (χ3v) is 6.09. The molecule has 0 saturated carbocycles. The first-order valence-electron chi connectivity index (χ1n) is 11.7. The molecule has 160 valence electrons. The van der Waals surface area contributed by atoms with Crippen LogP contribution in [0, 0.1) is 6.92 Å². The van der Waals surface area contributed by atoms with E-state index in [9.17, 15) is 0 Å². The van der Waals surface area contributed by atoms with E-state index in [0.717, 1.165) is 37.3 Å². The third-order valence-electron chi connectivity index (χ3n) is 6.09. The monoisotopic (exact) mass is 405 g/mol. The summed E-state index contributed by atoms with van der Waals surface area (Å²) in [6.45, 7) is 7.51. The zero-order valence-corrected chi connectivity index (χ0v) is 18.4. The normalized spacial score (nSPS) is 15.4. The van der Waals surface area contributed by atoms with Gasteiger partial charge in [0.1, 0.15) is 11.6 Å². The van der Waals surface area contributed by atoms with Crippen molar-refractivity contribution in [2.45, 2.75) is 58.4 Å². The molecule has 4 heteroatoms. The lowest BCUT2D eigenvalue weighted by Crippen LogP contribution is -2.26. The van der Waals surface area contributed by atoms with E-state index in [2.05, 4.69) is 58.9 Å². The lowest BCUT2D eigenvalue weighted by Gasteiger charge is -2.19. The number of rotatable bonds is 9. The van der Waals surface area contributed by atoms with Crippen molar-refractivity contribution in [1.29, 1.82) is 0 Å². The minimum atomic E-state index is 0.725. The summed E-state index contributed by atoms with van der Waals surface area (Å²) in [5.41, 5.74) is 3.60. The number of benzene rings is 2. The molecule has 0 radical (unpaired) electrons. The van der Waals surface area contributed by atoms with Crippen LogP contribution >= 0.6 is 0 Å². The molecule has 0 atom stereocenters. The van der Waals surface area contributed by atoms with Crippen molar-refractivity contribution in [3.05, 3.63) is 59.9 Å². The molecular weight excluding hydrogens is 370 g/mol. The second-order valence-electron chi connectivity index (χ2n) is 8.55. The van der Waals surface area contributed by atoms with Crippen LogP contribution in [0.1, 0.15) is 49.9 Å². The SMILES string of the molecule is Cc1cccc(OCCCn2c(CCCN3CCCCCC3)nc3ccccc32)c1. The van der Waals surface area contributed by atoms with Crippen molar-refractivity contribution < 1.29 is 4.74 Å². The number of likely N-dealkylation sites (tertiary alicyclic amines) is 1. The molecule has 4 rings (SSSR count). The molecule has 0 amide bonds. The maximum absolute atomic E-state index is 5.97. The molecule has 1 aliphatic rings. The predicted molar refractivity (Wildman–Crippen MR) is 124 cm³/mol. The number of nitrogens with zero attached hydrogens (tertiary/aromatic N) is 3. The molecule has 30 heavy (non-hydrogen) atoms. The summed E-state index contributed by atoms with van der Waals surface area (Å²) in [6.07, 6.45) is 8.73. The van der Waals surface area contributed by atoms with Crippen LogP contribution in [0.25, 0.3) is 11.0 Å². The lowest BCUT2D eigenvalue weighted by atomic mass is 10.2. The molecule has 1 aliphatic heterocycles. The highest BCUT2D eigenvalue weighted by molar-refractivity contribution is 5.75. The molecule has 2 aromatic carbocycles. The molecule has 2 heterocycles. The minimum Gasteiger partial charge on any atom is -0.494 e. The van der Waals surface area contributed by atoms with E-state index in [0.29, 0.717) is 0 Å². The fraction of sp³-hybridized carbons (Fsp3) is 0.500. The minimum absolute atomic E-state index is 0.725. The Kier molecular flexibility index (Phi) is 7.41. The van der Waals surface area contributed by atoms with E-state index in [4.69, 9.17) is 9.72 Å². The third kappa shape index (κ3) is 5.63. The lowest BCUT2D eigenvalue weighted by molar-refractivity contribution is 0.280. The molecule has 4 nitrogen and oxygen atoms in total. The van der Waals surface area contributed by atoms with Crippen LogP contribution in [0.2, 0.25) is 0 Å². The van der Waals surface area contributed by atoms with Crippen molar-refractivity contribution in [2.24, 2.45) is 0 Å². The van der Waals surface area contributed by atoms with Crippen molar-refractivity contribution >= 4 is 11.0 Å². The van der Waals surface area contributed by atoms with Gasteiger partial charge in [-0.2, -0.15) is 0 Å². The van der Waals surface area contributed by atoms with Gasteiger partial charge in [0, 0.05) is 13.0 Å². The second-order valence-corrected chi connectivity index (χ2v) is 8.55. The van der Waals surface area contributed by atoms with E-state index in [1.165, 1.54) is 68.6 Å². The topological polar surface area (TPSA) is 30.3 Å². The van der Waals surface area contributed by atoms with Crippen LogP contribution in [-0.2, 0) is 13.0 Å². The Hall–Kier alpha value is -2.33. The Morgan fingerprint density at radius 3 is 2.57 bits per heavy atom. The number of ether oxygens (including phenoxy) is 1. The fourth-order valence-corrected chi connectivity index (χ4v) is 4.50. The number of hydrogen-bond acceptors (Lipinski definition) is 3. The highest BCUT2D eigenvalue weighted by Crippen LogP contribution is 2.19. The molecule has 0 aliphatic carbocycles. The maximum atomic E-state index is 5.97. The maximum Gasteiger partial charge on any atom is 0.119 e. The van der Waals surface area contributed by atoms with Gasteiger partial charge in [-0.3, -0.25) is 0 Å². The zero-order chi connectivity index (χ0) is 20.6. The molecule has 0 spiro atoms. The molecule has 0 unspecified atom stereocenters. The summed E-state index contributed by atoms with van der Waals surface area (Å²) in [7, 11) is 0. The number of imidazole rings is 1. The van der Waals surface area contributed by atoms with Gasteiger partial charge in [0.15, 0.2) is 0 Å². The van der Waals surface area contributed by atoms with Gasteiger partial charge in [-0.1, -0.05) is 37.1 Å². The highest BCUT2D eigenvalue weighted by atomic mass is 16.5. The number of hydrogen-bond donors (Lipinski definition) is 0. The molecule has 0 bridgehead atoms. The number of fused-ring (bicyclic) bond motifs is 1. The summed E-state index contributed by atoms with van der Waals surface area (Å²) in [5.74, 6) is 2.18. The quantitative estimate of drug-likeness (QED) is 0.433. The number of para-hydroxylation sites is 2. The Labute approximate surface area is 180 Å². The zero-order valence-electron chi connectivity index (χ0n) is 18.4. The molecular formula is C26H35N3O. The summed E-state index contributed by atoms with van der Waals surface area (Å²) in [5, 5.41) is 0. The first-order chi connectivity index (χ1) is 14.8. The van der Waals surface area contributed by atoms with Crippen molar-refractivity contribution in [3.8, 4) is 5.75 Å². The number of aromatic nitrogens is 2. The fourth-order valence-electron chi connectivity index (χ4n) is 4.50. The smallest absolute Gasteiger partial charge is 0.119 e. The van der Waals surface area contributed by atoms with Crippen molar-refractivity contribution in [1.82, 2.24) is 14.5 Å². The standard InChI is InChI=1S/C26H35N3O/c1-22-11-8-12-23(21-22)30-20-10-19-29-25-14-5-4-13-24(25)27-26(29)15-9-18-28-16-6-2-3-7-17-28/h4-5,8,11-14,21H,2-3,6-7,9-10,15-20H2,1H3. The van der Waals surface area contributed by atoms with Crippen LogP contribution in [0.5, 0.6) is 5.75 Å². The Morgan fingerprint density at radius 1 is 0.900 bits per heavy atom. The van der Waals surface area contributed by atoms with Gasteiger partial charge in [-0.15, -0.1) is 0 Å². The number of aryl methyl sites for hydroxylation is 3. The van der Waals surface area contributed by atoms with Crippen LogP contribution in [-0.4, -0.2) is 40.7 Å². The van der Waals surface area contributed by atoms with Gasteiger partial charge >= 0.3 is 0 Å². The molecule has 0 N–H and O–H groups in total. The first kappa shape index (κ1) is 20.9. The molecule has 3 aromatic rings. The van der Waals surface area contributed by atoms with E-state index in [-0.39, 0.29) is 0 Å². The van der Waals surface area contributed by atoms with Gasteiger partial charge in [-0.25, -0.2) is 4.98 Å².